The number of hydrogen-bond donors (Lipinski definition) is 2. The van der Waals surface area contributed by atoms with Crippen molar-refractivity contribution < 1.29 is 24.2 Å². The highest BCUT2D eigenvalue weighted by Crippen LogP contribution is 2.44. The molecule has 6 heteroatoms. The van der Waals surface area contributed by atoms with Crippen molar-refractivity contribution in [2.75, 3.05) is 19.8 Å². The standard InChI is InChI=1S/C23H25NO5/c1-22(2)14-28-12-11-23(22,20(25)26)24-21(27)29-13-19-17-9-5-3-7-15(17)16-8-4-6-10-18(16)19/h3-10,19H,11-14H2,1-2H3,(H,24,27)(H,25,26). The fourth-order valence-corrected chi connectivity index (χ4v) is 4.50. The van der Waals surface area contributed by atoms with Crippen molar-refractivity contribution >= 4 is 12.1 Å². The van der Waals surface area contributed by atoms with Crippen LogP contribution < -0.4 is 5.32 Å². The lowest BCUT2D eigenvalue weighted by Crippen LogP contribution is -2.67. The largest absolute Gasteiger partial charge is 0.479 e. The lowest BCUT2D eigenvalue weighted by molar-refractivity contribution is -0.160. The second kappa shape index (κ2) is 7.19. The topological polar surface area (TPSA) is 84.9 Å². The molecule has 1 unspecified atom stereocenters. The SMILES string of the molecule is CC1(C)COCCC1(NC(=O)OCC1c2ccccc2-c2ccccc21)C(=O)O. The van der Waals surface area contributed by atoms with Crippen LogP contribution in [0.3, 0.4) is 0 Å². The second-order valence-corrected chi connectivity index (χ2v) is 8.35. The zero-order valence-electron chi connectivity index (χ0n) is 16.6. The van der Waals surface area contributed by atoms with E-state index in [1.807, 2.05) is 36.4 Å². The van der Waals surface area contributed by atoms with E-state index in [0.29, 0.717) is 0 Å². The number of rotatable bonds is 4. The average molecular weight is 395 g/mol. The molecule has 0 saturated carbocycles. The van der Waals surface area contributed by atoms with Gasteiger partial charge in [-0.2, -0.15) is 0 Å². The quantitative estimate of drug-likeness (QED) is 0.823. The minimum atomic E-state index is -1.42. The van der Waals surface area contributed by atoms with Gasteiger partial charge in [-0.15, -0.1) is 0 Å². The minimum absolute atomic E-state index is 0.0726. The Balaban J connectivity index is 1.52. The lowest BCUT2D eigenvalue weighted by Gasteiger charge is -2.46. The van der Waals surface area contributed by atoms with Gasteiger partial charge in [-0.3, -0.25) is 0 Å². The maximum atomic E-state index is 12.7. The van der Waals surface area contributed by atoms with Gasteiger partial charge >= 0.3 is 12.1 Å². The summed E-state index contributed by atoms with van der Waals surface area (Å²) in [6.45, 7) is 4.24. The number of hydrogen-bond acceptors (Lipinski definition) is 4. The fourth-order valence-electron chi connectivity index (χ4n) is 4.50. The summed E-state index contributed by atoms with van der Waals surface area (Å²) in [6, 6.07) is 16.2. The van der Waals surface area contributed by atoms with Crippen LogP contribution in [0.2, 0.25) is 0 Å². The zero-order chi connectivity index (χ0) is 20.6. The van der Waals surface area contributed by atoms with Gasteiger partial charge in [0.25, 0.3) is 0 Å². The van der Waals surface area contributed by atoms with E-state index in [0.717, 1.165) is 22.3 Å². The molecule has 1 aliphatic heterocycles. The third kappa shape index (κ3) is 3.17. The van der Waals surface area contributed by atoms with Gasteiger partial charge in [0.2, 0.25) is 0 Å². The van der Waals surface area contributed by atoms with Crippen LogP contribution in [0, 0.1) is 5.41 Å². The van der Waals surface area contributed by atoms with E-state index in [1.165, 1.54) is 0 Å². The zero-order valence-corrected chi connectivity index (χ0v) is 16.6. The van der Waals surface area contributed by atoms with E-state index in [1.54, 1.807) is 13.8 Å². The van der Waals surface area contributed by atoms with Gasteiger partial charge in [0.05, 0.1) is 6.61 Å². The Morgan fingerprint density at radius 3 is 2.24 bits per heavy atom. The molecule has 1 saturated heterocycles. The monoisotopic (exact) mass is 395 g/mol. The molecule has 0 aromatic heterocycles. The Morgan fingerprint density at radius 1 is 1.10 bits per heavy atom. The molecule has 2 N–H and O–H groups in total. The van der Waals surface area contributed by atoms with Gasteiger partial charge in [-0.05, 0) is 22.3 Å². The molecule has 152 valence electrons. The molecule has 1 fully saturated rings. The maximum Gasteiger partial charge on any atom is 0.408 e. The molecule has 2 aromatic rings. The molecule has 4 rings (SSSR count). The van der Waals surface area contributed by atoms with Crippen LogP contribution in [-0.4, -0.2) is 42.5 Å². The van der Waals surface area contributed by atoms with Crippen LogP contribution in [0.15, 0.2) is 48.5 Å². The van der Waals surface area contributed by atoms with E-state index in [2.05, 4.69) is 17.4 Å². The maximum absolute atomic E-state index is 12.7. The number of carboxylic acid groups (broad SMARTS) is 1. The molecular weight excluding hydrogens is 370 g/mol. The summed E-state index contributed by atoms with van der Waals surface area (Å²) in [5.41, 5.74) is 2.33. The Labute approximate surface area is 169 Å². The number of carboxylic acids is 1. The number of benzene rings is 2. The van der Waals surface area contributed by atoms with Gasteiger partial charge in [0.1, 0.15) is 12.1 Å². The molecular formula is C23H25NO5. The first-order valence-electron chi connectivity index (χ1n) is 9.80. The number of ether oxygens (including phenoxy) is 2. The minimum Gasteiger partial charge on any atom is -0.479 e. The summed E-state index contributed by atoms with van der Waals surface area (Å²) >= 11 is 0. The van der Waals surface area contributed by atoms with Crippen molar-refractivity contribution in [2.45, 2.75) is 31.7 Å². The van der Waals surface area contributed by atoms with Gasteiger partial charge < -0.3 is 19.9 Å². The summed E-state index contributed by atoms with van der Waals surface area (Å²) in [5.74, 6) is -1.14. The van der Waals surface area contributed by atoms with Crippen molar-refractivity contribution in [1.82, 2.24) is 5.32 Å². The fraction of sp³-hybridized carbons (Fsp3) is 0.391. The van der Waals surface area contributed by atoms with Gasteiger partial charge in [-0.1, -0.05) is 62.4 Å². The Hall–Kier alpha value is -2.86. The van der Waals surface area contributed by atoms with Crippen LogP contribution in [0.5, 0.6) is 0 Å². The number of amides is 1. The van der Waals surface area contributed by atoms with Crippen LogP contribution in [0.4, 0.5) is 4.79 Å². The first kappa shape index (κ1) is 19.5. The highest BCUT2D eigenvalue weighted by Gasteiger charge is 2.55. The van der Waals surface area contributed by atoms with Crippen molar-refractivity contribution in [1.29, 1.82) is 0 Å². The van der Waals surface area contributed by atoms with Crippen molar-refractivity contribution in [3.8, 4) is 11.1 Å². The smallest absolute Gasteiger partial charge is 0.408 e. The number of nitrogens with one attached hydrogen (secondary N) is 1. The van der Waals surface area contributed by atoms with Crippen molar-refractivity contribution in [3.63, 3.8) is 0 Å². The molecule has 0 radical (unpaired) electrons. The second-order valence-electron chi connectivity index (χ2n) is 8.35. The number of carbonyl (C=O) groups is 2. The predicted octanol–water partition coefficient (Wildman–Crippen LogP) is 3.80. The van der Waals surface area contributed by atoms with E-state index < -0.39 is 23.0 Å². The summed E-state index contributed by atoms with van der Waals surface area (Å²) in [7, 11) is 0. The molecule has 29 heavy (non-hydrogen) atoms. The van der Waals surface area contributed by atoms with Crippen LogP contribution in [-0.2, 0) is 14.3 Å². The van der Waals surface area contributed by atoms with Gasteiger partial charge in [0.15, 0.2) is 0 Å². The third-order valence-electron chi connectivity index (χ3n) is 6.26. The highest BCUT2D eigenvalue weighted by molar-refractivity contribution is 5.86. The predicted molar refractivity (Wildman–Crippen MR) is 108 cm³/mol. The number of alkyl carbamates (subject to hydrolysis) is 1. The van der Waals surface area contributed by atoms with Gasteiger partial charge in [0, 0.05) is 24.4 Å². The Bertz CT molecular complexity index is 908. The van der Waals surface area contributed by atoms with Crippen molar-refractivity contribution in [2.24, 2.45) is 5.41 Å². The molecule has 2 aromatic carbocycles. The lowest BCUT2D eigenvalue weighted by atomic mass is 9.69. The number of fused-ring (bicyclic) bond motifs is 3. The normalized spacial score (nSPS) is 22.4. The molecule has 1 atom stereocenters. The van der Waals surface area contributed by atoms with E-state index in [-0.39, 0.29) is 32.2 Å². The summed E-state index contributed by atoms with van der Waals surface area (Å²) < 4.78 is 11.0. The van der Waals surface area contributed by atoms with Gasteiger partial charge in [-0.25, -0.2) is 9.59 Å². The average Bonchev–Trinajstić information content (AvgIpc) is 3.02. The Kier molecular flexibility index (Phi) is 4.82. The van der Waals surface area contributed by atoms with E-state index in [9.17, 15) is 14.7 Å². The number of carbonyl (C=O) groups excluding carboxylic acids is 1. The molecule has 0 bridgehead atoms. The highest BCUT2D eigenvalue weighted by atomic mass is 16.5. The molecule has 1 heterocycles. The summed E-state index contributed by atoms with van der Waals surface area (Å²) in [6.07, 6.45) is -0.524. The van der Waals surface area contributed by atoms with Crippen LogP contribution in [0.1, 0.15) is 37.3 Å². The molecule has 2 aliphatic rings. The molecule has 1 amide bonds. The summed E-state index contributed by atoms with van der Waals surface area (Å²) in [5, 5.41) is 12.5. The first-order chi connectivity index (χ1) is 13.9. The van der Waals surface area contributed by atoms with E-state index >= 15 is 0 Å². The first-order valence-corrected chi connectivity index (χ1v) is 9.80. The van der Waals surface area contributed by atoms with Crippen LogP contribution in [0.25, 0.3) is 11.1 Å². The molecule has 6 nitrogen and oxygen atoms in total. The Morgan fingerprint density at radius 2 is 1.69 bits per heavy atom. The van der Waals surface area contributed by atoms with Crippen molar-refractivity contribution in [3.05, 3.63) is 59.7 Å². The molecule has 0 spiro atoms. The van der Waals surface area contributed by atoms with E-state index in [4.69, 9.17) is 9.47 Å². The molecule has 1 aliphatic carbocycles. The summed E-state index contributed by atoms with van der Waals surface area (Å²) in [4.78, 5) is 24.7. The van der Waals surface area contributed by atoms with Crippen LogP contribution >= 0.6 is 0 Å². The number of aliphatic carboxylic acids is 1. The third-order valence-corrected chi connectivity index (χ3v) is 6.26.